The molecule has 0 spiro atoms. The summed E-state index contributed by atoms with van der Waals surface area (Å²) < 4.78 is 0. The van der Waals surface area contributed by atoms with E-state index in [-0.39, 0.29) is 5.91 Å². The standard InChI is InChI=1S/C18H17ClN2O/c1-2-21(12-13-6-4-3-5-7-13)18(22)16-11-20-17-10-14(19)8-9-15(16)17/h3-11,20H,2,12H2,1H3. The molecule has 3 aromatic rings. The first kappa shape index (κ1) is 14.7. The molecule has 3 nitrogen and oxygen atoms in total. The van der Waals surface area contributed by atoms with Gasteiger partial charge in [-0.1, -0.05) is 48.0 Å². The van der Waals surface area contributed by atoms with Crippen molar-refractivity contribution in [3.63, 3.8) is 0 Å². The summed E-state index contributed by atoms with van der Waals surface area (Å²) in [5.74, 6) is 0.0277. The average molecular weight is 313 g/mol. The Morgan fingerprint density at radius 3 is 2.68 bits per heavy atom. The Bertz CT molecular complexity index is 795. The topological polar surface area (TPSA) is 36.1 Å². The van der Waals surface area contributed by atoms with E-state index < -0.39 is 0 Å². The van der Waals surface area contributed by atoms with Crippen LogP contribution in [0.5, 0.6) is 0 Å². The molecular formula is C18H17ClN2O. The number of aromatic nitrogens is 1. The number of nitrogens with one attached hydrogen (secondary N) is 1. The lowest BCUT2D eigenvalue weighted by molar-refractivity contribution is 0.0754. The fraction of sp³-hybridized carbons (Fsp3) is 0.167. The zero-order valence-electron chi connectivity index (χ0n) is 12.3. The number of aromatic amines is 1. The molecule has 0 atom stereocenters. The van der Waals surface area contributed by atoms with Crippen LogP contribution in [0, 0.1) is 0 Å². The second kappa shape index (κ2) is 6.24. The van der Waals surface area contributed by atoms with Gasteiger partial charge in [-0.3, -0.25) is 4.79 Å². The Hall–Kier alpha value is -2.26. The van der Waals surface area contributed by atoms with Gasteiger partial charge < -0.3 is 9.88 Å². The minimum Gasteiger partial charge on any atom is -0.360 e. The number of rotatable bonds is 4. The van der Waals surface area contributed by atoms with Crippen LogP contribution in [-0.2, 0) is 6.54 Å². The number of halogens is 1. The lowest BCUT2D eigenvalue weighted by atomic mass is 10.1. The smallest absolute Gasteiger partial charge is 0.256 e. The summed E-state index contributed by atoms with van der Waals surface area (Å²) in [6.45, 7) is 3.26. The molecular weight excluding hydrogens is 296 g/mol. The van der Waals surface area contributed by atoms with E-state index in [1.807, 2.05) is 60.4 Å². The van der Waals surface area contributed by atoms with Crippen molar-refractivity contribution in [2.45, 2.75) is 13.5 Å². The summed E-state index contributed by atoms with van der Waals surface area (Å²) in [6.07, 6.45) is 1.76. The Labute approximate surface area is 134 Å². The molecule has 2 aromatic carbocycles. The van der Waals surface area contributed by atoms with E-state index in [1.165, 1.54) is 0 Å². The number of carbonyl (C=O) groups excluding carboxylic acids is 1. The van der Waals surface area contributed by atoms with Crippen molar-refractivity contribution in [2.75, 3.05) is 6.54 Å². The zero-order chi connectivity index (χ0) is 15.5. The van der Waals surface area contributed by atoms with Crippen molar-refractivity contribution in [3.8, 4) is 0 Å². The average Bonchev–Trinajstić information content (AvgIpc) is 2.95. The lowest BCUT2D eigenvalue weighted by Crippen LogP contribution is -2.30. The quantitative estimate of drug-likeness (QED) is 0.757. The lowest BCUT2D eigenvalue weighted by Gasteiger charge is -2.20. The number of benzene rings is 2. The van der Waals surface area contributed by atoms with E-state index in [9.17, 15) is 4.79 Å². The first-order valence-electron chi connectivity index (χ1n) is 7.29. The van der Waals surface area contributed by atoms with Gasteiger partial charge in [0.25, 0.3) is 5.91 Å². The van der Waals surface area contributed by atoms with Crippen LogP contribution in [-0.4, -0.2) is 22.3 Å². The zero-order valence-corrected chi connectivity index (χ0v) is 13.1. The molecule has 112 valence electrons. The van der Waals surface area contributed by atoms with Crippen molar-refractivity contribution in [3.05, 3.63) is 70.9 Å². The fourth-order valence-corrected chi connectivity index (χ4v) is 2.75. The molecule has 0 radical (unpaired) electrons. The van der Waals surface area contributed by atoms with Crippen molar-refractivity contribution in [1.82, 2.24) is 9.88 Å². The Kier molecular flexibility index (Phi) is 4.16. The van der Waals surface area contributed by atoms with Gasteiger partial charge in [0, 0.05) is 35.2 Å². The van der Waals surface area contributed by atoms with E-state index in [0.717, 1.165) is 16.5 Å². The second-order valence-corrected chi connectivity index (χ2v) is 5.63. The van der Waals surface area contributed by atoms with E-state index in [2.05, 4.69) is 4.98 Å². The van der Waals surface area contributed by atoms with Gasteiger partial charge in [0.2, 0.25) is 0 Å². The predicted octanol–water partition coefficient (Wildman–Crippen LogP) is 4.48. The molecule has 0 unspecified atom stereocenters. The highest BCUT2D eigenvalue weighted by Gasteiger charge is 2.18. The first-order valence-corrected chi connectivity index (χ1v) is 7.66. The summed E-state index contributed by atoms with van der Waals surface area (Å²) in [5, 5.41) is 1.56. The third-order valence-electron chi connectivity index (χ3n) is 3.76. The normalized spacial score (nSPS) is 10.8. The number of hydrogen-bond donors (Lipinski definition) is 1. The van der Waals surface area contributed by atoms with Crippen LogP contribution in [0.25, 0.3) is 10.9 Å². The molecule has 1 amide bonds. The van der Waals surface area contributed by atoms with Gasteiger partial charge in [-0.25, -0.2) is 0 Å². The van der Waals surface area contributed by atoms with Crippen LogP contribution in [0.3, 0.4) is 0 Å². The van der Waals surface area contributed by atoms with Gasteiger partial charge in [-0.2, -0.15) is 0 Å². The fourth-order valence-electron chi connectivity index (χ4n) is 2.58. The summed E-state index contributed by atoms with van der Waals surface area (Å²) >= 11 is 5.99. The third-order valence-corrected chi connectivity index (χ3v) is 3.99. The summed E-state index contributed by atoms with van der Waals surface area (Å²) in [5.41, 5.74) is 2.69. The van der Waals surface area contributed by atoms with Crippen molar-refractivity contribution in [1.29, 1.82) is 0 Å². The number of hydrogen-bond acceptors (Lipinski definition) is 1. The van der Waals surface area contributed by atoms with E-state index in [1.54, 1.807) is 6.20 Å². The number of amides is 1. The Morgan fingerprint density at radius 2 is 1.95 bits per heavy atom. The highest BCUT2D eigenvalue weighted by Crippen LogP contribution is 2.23. The van der Waals surface area contributed by atoms with Crippen molar-refractivity contribution < 1.29 is 4.79 Å². The second-order valence-electron chi connectivity index (χ2n) is 5.20. The summed E-state index contributed by atoms with van der Waals surface area (Å²) in [4.78, 5) is 17.8. The van der Waals surface area contributed by atoms with Crippen molar-refractivity contribution in [2.24, 2.45) is 0 Å². The minimum absolute atomic E-state index is 0.0277. The monoisotopic (exact) mass is 312 g/mol. The van der Waals surface area contributed by atoms with Crippen LogP contribution >= 0.6 is 11.6 Å². The molecule has 1 N–H and O–H groups in total. The van der Waals surface area contributed by atoms with Gasteiger partial charge in [-0.15, -0.1) is 0 Å². The molecule has 0 saturated carbocycles. The van der Waals surface area contributed by atoms with Gasteiger partial charge in [-0.05, 0) is 24.6 Å². The van der Waals surface area contributed by atoms with Crippen LogP contribution in [0.2, 0.25) is 5.02 Å². The van der Waals surface area contributed by atoms with Gasteiger partial charge >= 0.3 is 0 Å². The number of fused-ring (bicyclic) bond motifs is 1. The molecule has 0 aliphatic carbocycles. The molecule has 22 heavy (non-hydrogen) atoms. The van der Waals surface area contributed by atoms with Gasteiger partial charge in [0.1, 0.15) is 0 Å². The van der Waals surface area contributed by atoms with Crippen LogP contribution in [0.15, 0.2) is 54.7 Å². The van der Waals surface area contributed by atoms with Crippen LogP contribution in [0.4, 0.5) is 0 Å². The van der Waals surface area contributed by atoms with E-state index in [4.69, 9.17) is 11.6 Å². The third kappa shape index (κ3) is 2.85. The maximum absolute atomic E-state index is 12.8. The highest BCUT2D eigenvalue weighted by molar-refractivity contribution is 6.31. The highest BCUT2D eigenvalue weighted by atomic mass is 35.5. The maximum Gasteiger partial charge on any atom is 0.256 e. The maximum atomic E-state index is 12.8. The first-order chi connectivity index (χ1) is 10.7. The molecule has 4 heteroatoms. The molecule has 0 saturated heterocycles. The molecule has 1 heterocycles. The number of carbonyl (C=O) groups is 1. The molecule has 0 fully saturated rings. The Balaban J connectivity index is 1.90. The number of H-pyrrole nitrogens is 1. The molecule has 0 aliphatic heterocycles. The number of nitrogens with zero attached hydrogens (tertiary/aromatic N) is 1. The van der Waals surface area contributed by atoms with Crippen molar-refractivity contribution >= 4 is 28.4 Å². The molecule has 3 rings (SSSR count). The van der Waals surface area contributed by atoms with Gasteiger partial charge in [0.05, 0.1) is 5.56 Å². The predicted molar refractivity (Wildman–Crippen MR) is 90.2 cm³/mol. The van der Waals surface area contributed by atoms with Crippen LogP contribution < -0.4 is 0 Å². The summed E-state index contributed by atoms with van der Waals surface area (Å²) in [7, 11) is 0. The molecule has 0 bridgehead atoms. The summed E-state index contributed by atoms with van der Waals surface area (Å²) in [6, 6.07) is 15.5. The SMILES string of the molecule is CCN(Cc1ccccc1)C(=O)c1c[nH]c2cc(Cl)ccc12. The van der Waals surface area contributed by atoms with Crippen LogP contribution in [0.1, 0.15) is 22.8 Å². The van der Waals surface area contributed by atoms with Gasteiger partial charge in [0.15, 0.2) is 0 Å². The van der Waals surface area contributed by atoms with E-state index in [0.29, 0.717) is 23.7 Å². The molecule has 1 aromatic heterocycles. The largest absolute Gasteiger partial charge is 0.360 e. The molecule has 0 aliphatic rings. The minimum atomic E-state index is 0.0277. The Morgan fingerprint density at radius 1 is 1.18 bits per heavy atom. The van der Waals surface area contributed by atoms with E-state index >= 15 is 0 Å².